The summed E-state index contributed by atoms with van der Waals surface area (Å²) in [5.74, 6) is -4.66. The number of halogens is 4. The Morgan fingerprint density at radius 2 is 2.19 bits per heavy atom. The van der Waals surface area contributed by atoms with Crippen LogP contribution in [0.5, 0.6) is 5.88 Å². The van der Waals surface area contributed by atoms with Gasteiger partial charge in [0.25, 0.3) is 0 Å². The highest BCUT2D eigenvalue weighted by Gasteiger charge is 2.42. The van der Waals surface area contributed by atoms with E-state index >= 15 is 0 Å². The molecule has 0 aliphatic carbocycles. The van der Waals surface area contributed by atoms with Crippen molar-refractivity contribution < 1.29 is 27.1 Å². The van der Waals surface area contributed by atoms with Crippen molar-refractivity contribution in [3.63, 3.8) is 0 Å². The number of carbonyl (C=O) groups excluding carboxylic acids is 1. The first-order valence-electron chi connectivity index (χ1n) is 4.16. The summed E-state index contributed by atoms with van der Waals surface area (Å²) in [4.78, 5) is 13.9. The number of nitrogens with zero attached hydrogens (tertiary/aromatic N) is 1. The average molecular weight is 237 g/mol. The molecule has 0 saturated heterocycles. The maximum atomic E-state index is 12.5. The monoisotopic (exact) mass is 237 g/mol. The molecule has 0 aromatic carbocycles. The second kappa shape index (κ2) is 4.91. The van der Waals surface area contributed by atoms with Gasteiger partial charge in [-0.05, 0) is 12.1 Å². The highest BCUT2D eigenvalue weighted by molar-refractivity contribution is 5.77. The Bertz CT molecular complexity index is 370. The molecule has 0 unspecified atom stereocenters. The van der Waals surface area contributed by atoms with Crippen LogP contribution in [0.1, 0.15) is 10.4 Å². The van der Waals surface area contributed by atoms with Crippen LogP contribution >= 0.6 is 0 Å². The number of rotatable bonds is 5. The normalized spacial score (nSPS) is 11.6. The van der Waals surface area contributed by atoms with Crippen LogP contribution < -0.4 is 4.74 Å². The Labute approximate surface area is 88.0 Å². The number of hydrogen-bond acceptors (Lipinski definition) is 3. The Morgan fingerprint density at radius 1 is 1.50 bits per heavy atom. The summed E-state index contributed by atoms with van der Waals surface area (Å²) in [6.45, 7) is -1.53. The average Bonchev–Trinajstić information content (AvgIpc) is 2.26. The molecule has 0 saturated carbocycles. The first kappa shape index (κ1) is 12.4. The van der Waals surface area contributed by atoms with Crippen molar-refractivity contribution in [2.75, 3.05) is 6.61 Å². The van der Waals surface area contributed by atoms with Crippen LogP contribution in [0.3, 0.4) is 0 Å². The van der Waals surface area contributed by atoms with Gasteiger partial charge in [0, 0.05) is 6.20 Å². The summed E-state index contributed by atoms with van der Waals surface area (Å²) >= 11 is 0. The molecule has 0 aliphatic rings. The standard InChI is InChI=1S/C9H7F4NO2/c10-8(11)9(12,13)5-16-7-6(4-15)2-1-3-14-7/h1-4,8H,5H2. The fourth-order valence-corrected chi connectivity index (χ4v) is 0.841. The number of carbonyl (C=O) groups is 1. The van der Waals surface area contributed by atoms with Crippen LogP contribution in [0.4, 0.5) is 17.6 Å². The van der Waals surface area contributed by atoms with E-state index in [9.17, 15) is 22.4 Å². The SMILES string of the molecule is O=Cc1cccnc1OCC(F)(F)C(F)F. The van der Waals surface area contributed by atoms with Gasteiger partial charge in [-0.25, -0.2) is 13.8 Å². The van der Waals surface area contributed by atoms with E-state index in [1.54, 1.807) is 0 Å². The molecule has 16 heavy (non-hydrogen) atoms. The third-order valence-corrected chi connectivity index (χ3v) is 1.65. The fraction of sp³-hybridized carbons (Fsp3) is 0.333. The fourth-order valence-electron chi connectivity index (χ4n) is 0.841. The molecule has 0 radical (unpaired) electrons. The molecule has 0 N–H and O–H groups in total. The number of alkyl halides is 4. The van der Waals surface area contributed by atoms with Gasteiger partial charge in [-0.15, -0.1) is 0 Å². The summed E-state index contributed by atoms with van der Waals surface area (Å²) in [6, 6.07) is 2.66. The van der Waals surface area contributed by atoms with Gasteiger partial charge in [-0.1, -0.05) is 0 Å². The van der Waals surface area contributed by atoms with Crippen LogP contribution in [0.25, 0.3) is 0 Å². The molecule has 0 bridgehead atoms. The zero-order chi connectivity index (χ0) is 12.2. The van der Waals surface area contributed by atoms with Gasteiger partial charge in [-0.3, -0.25) is 4.79 Å². The van der Waals surface area contributed by atoms with Gasteiger partial charge in [0.15, 0.2) is 12.9 Å². The molecular formula is C9H7F4NO2. The number of ether oxygens (including phenoxy) is 1. The second-order valence-electron chi connectivity index (χ2n) is 2.87. The summed E-state index contributed by atoms with van der Waals surface area (Å²) < 4.78 is 52.9. The Morgan fingerprint density at radius 3 is 2.75 bits per heavy atom. The predicted molar refractivity (Wildman–Crippen MR) is 46.1 cm³/mol. The van der Waals surface area contributed by atoms with E-state index in [1.165, 1.54) is 18.3 Å². The van der Waals surface area contributed by atoms with E-state index in [-0.39, 0.29) is 5.56 Å². The molecule has 1 rings (SSSR count). The summed E-state index contributed by atoms with van der Waals surface area (Å²) in [6.07, 6.45) is -2.29. The minimum absolute atomic E-state index is 0.0763. The lowest BCUT2D eigenvalue weighted by Gasteiger charge is -2.15. The molecular weight excluding hydrogens is 230 g/mol. The topological polar surface area (TPSA) is 39.2 Å². The lowest BCUT2D eigenvalue weighted by atomic mass is 10.3. The van der Waals surface area contributed by atoms with Gasteiger partial charge in [0.1, 0.15) is 0 Å². The zero-order valence-corrected chi connectivity index (χ0v) is 7.87. The summed E-state index contributed by atoms with van der Waals surface area (Å²) in [7, 11) is 0. The van der Waals surface area contributed by atoms with Crippen molar-refractivity contribution in [1.29, 1.82) is 0 Å². The van der Waals surface area contributed by atoms with Crippen LogP contribution in [0.15, 0.2) is 18.3 Å². The molecule has 0 amide bonds. The molecule has 0 aliphatic heterocycles. The molecule has 0 fully saturated rings. The van der Waals surface area contributed by atoms with Gasteiger partial charge < -0.3 is 4.74 Å². The van der Waals surface area contributed by atoms with Crippen molar-refractivity contribution in [3.05, 3.63) is 23.9 Å². The highest BCUT2D eigenvalue weighted by atomic mass is 19.3. The van der Waals surface area contributed by atoms with Gasteiger partial charge >= 0.3 is 12.3 Å². The zero-order valence-electron chi connectivity index (χ0n) is 7.87. The van der Waals surface area contributed by atoms with E-state index in [0.717, 1.165) is 0 Å². The van der Waals surface area contributed by atoms with Crippen LogP contribution in [0.2, 0.25) is 0 Å². The number of aldehydes is 1. The van der Waals surface area contributed by atoms with Gasteiger partial charge in [-0.2, -0.15) is 8.78 Å². The molecule has 1 aromatic heterocycles. The maximum absolute atomic E-state index is 12.5. The first-order chi connectivity index (χ1) is 7.47. The Kier molecular flexibility index (Phi) is 3.81. The molecule has 3 nitrogen and oxygen atoms in total. The third kappa shape index (κ3) is 2.91. The van der Waals surface area contributed by atoms with E-state index in [2.05, 4.69) is 9.72 Å². The molecule has 0 spiro atoms. The van der Waals surface area contributed by atoms with Crippen LogP contribution in [0, 0.1) is 0 Å². The second-order valence-corrected chi connectivity index (χ2v) is 2.87. The molecule has 1 heterocycles. The molecule has 88 valence electrons. The van der Waals surface area contributed by atoms with Crippen molar-refractivity contribution in [1.82, 2.24) is 4.98 Å². The van der Waals surface area contributed by atoms with Crippen LogP contribution in [-0.2, 0) is 0 Å². The van der Waals surface area contributed by atoms with E-state index in [0.29, 0.717) is 6.29 Å². The summed E-state index contributed by atoms with van der Waals surface area (Å²) in [5.41, 5.74) is -0.0763. The van der Waals surface area contributed by atoms with Crippen molar-refractivity contribution in [2.24, 2.45) is 0 Å². The van der Waals surface area contributed by atoms with Gasteiger partial charge in [0.05, 0.1) is 5.56 Å². The lowest BCUT2D eigenvalue weighted by Crippen LogP contribution is -2.34. The number of pyridine rings is 1. The lowest BCUT2D eigenvalue weighted by molar-refractivity contribution is -0.148. The Hall–Kier alpha value is -1.66. The first-order valence-corrected chi connectivity index (χ1v) is 4.16. The maximum Gasteiger partial charge on any atom is 0.340 e. The smallest absolute Gasteiger partial charge is 0.340 e. The minimum Gasteiger partial charge on any atom is -0.470 e. The van der Waals surface area contributed by atoms with Crippen molar-refractivity contribution in [2.45, 2.75) is 12.3 Å². The predicted octanol–water partition coefficient (Wildman–Crippen LogP) is 2.17. The third-order valence-electron chi connectivity index (χ3n) is 1.65. The van der Waals surface area contributed by atoms with Crippen molar-refractivity contribution in [3.8, 4) is 5.88 Å². The largest absolute Gasteiger partial charge is 0.470 e. The molecule has 0 atom stereocenters. The van der Waals surface area contributed by atoms with E-state index < -0.39 is 24.8 Å². The number of hydrogen-bond donors (Lipinski definition) is 0. The van der Waals surface area contributed by atoms with Crippen LogP contribution in [-0.4, -0.2) is 30.2 Å². The highest BCUT2D eigenvalue weighted by Crippen LogP contribution is 2.24. The summed E-state index contributed by atoms with van der Waals surface area (Å²) in [5, 5.41) is 0. The van der Waals surface area contributed by atoms with E-state index in [4.69, 9.17) is 0 Å². The van der Waals surface area contributed by atoms with E-state index in [1.807, 2.05) is 0 Å². The molecule has 1 aromatic rings. The minimum atomic E-state index is -4.27. The quantitative estimate of drug-likeness (QED) is 0.582. The Balaban J connectivity index is 2.71. The molecule has 7 heteroatoms. The van der Waals surface area contributed by atoms with Crippen molar-refractivity contribution >= 4 is 6.29 Å². The van der Waals surface area contributed by atoms with Gasteiger partial charge in [0.2, 0.25) is 5.88 Å². The number of aromatic nitrogens is 1.